The Morgan fingerprint density at radius 2 is 1.76 bits per heavy atom. The summed E-state index contributed by atoms with van der Waals surface area (Å²) in [6.07, 6.45) is 10.3. The smallest absolute Gasteiger partial charge is 0.271 e. The minimum Gasteiger partial charge on any atom is -0.394 e. The summed E-state index contributed by atoms with van der Waals surface area (Å²) in [5.74, 6) is -0.784. The number of benzene rings is 1. The highest BCUT2D eigenvalue weighted by Gasteiger charge is 2.22. The zero-order valence-corrected chi connectivity index (χ0v) is 19.9. The first kappa shape index (κ1) is 25.5. The summed E-state index contributed by atoms with van der Waals surface area (Å²) in [5, 5.41) is 21.2. The van der Waals surface area contributed by atoms with E-state index in [1.54, 1.807) is 18.2 Å². The molecule has 1 unspecified atom stereocenters. The van der Waals surface area contributed by atoms with Gasteiger partial charge in [0, 0.05) is 12.6 Å². The lowest BCUT2D eigenvalue weighted by atomic mass is 9.95. The lowest BCUT2D eigenvalue weighted by Gasteiger charge is -2.22. The van der Waals surface area contributed by atoms with Crippen molar-refractivity contribution in [1.29, 1.82) is 0 Å². The maximum absolute atomic E-state index is 12.5. The molecule has 10 heteroatoms. The van der Waals surface area contributed by atoms with Gasteiger partial charge >= 0.3 is 0 Å². The van der Waals surface area contributed by atoms with Crippen LogP contribution in [0.4, 0.5) is 5.69 Å². The standard InChI is InChI=1S/C17H18Cl2N4O2.C6H12O2/c18-11-7-4-8-12(19)14(11)16(24)22-13-9-20-23-15(13)17(25)21-10-5-2-1-3-6-10;7-5-6-3-1-2-4-8-6/h4,7-10H,1-3,5-6H2,(H,20,23)(H,21,25)(H,22,24);6-7H,1-5H2. The van der Waals surface area contributed by atoms with Gasteiger partial charge in [-0.25, -0.2) is 0 Å². The molecule has 2 aliphatic rings. The van der Waals surface area contributed by atoms with Crippen LogP contribution in [0, 0.1) is 0 Å². The Bertz CT molecular complexity index is 905. The second-order valence-electron chi connectivity index (χ2n) is 8.19. The SMILES string of the molecule is O=C(NC1CCCCC1)c1[nH]ncc1NC(=O)c1c(Cl)cccc1Cl.OCC1CCCCO1. The maximum atomic E-state index is 12.5. The van der Waals surface area contributed by atoms with Crippen molar-refractivity contribution < 1.29 is 19.4 Å². The van der Waals surface area contributed by atoms with E-state index in [-0.39, 0.29) is 51.6 Å². The molecule has 0 spiro atoms. The normalized spacial score (nSPS) is 18.7. The first-order valence-electron chi connectivity index (χ1n) is 11.3. The molecule has 0 bridgehead atoms. The van der Waals surface area contributed by atoms with Crippen LogP contribution in [0.15, 0.2) is 24.4 Å². The second-order valence-corrected chi connectivity index (χ2v) is 9.00. The number of aromatic nitrogens is 2. The van der Waals surface area contributed by atoms with Crippen molar-refractivity contribution in [1.82, 2.24) is 15.5 Å². The van der Waals surface area contributed by atoms with Gasteiger partial charge in [-0.15, -0.1) is 0 Å². The number of aliphatic hydroxyl groups is 1. The van der Waals surface area contributed by atoms with E-state index >= 15 is 0 Å². The largest absolute Gasteiger partial charge is 0.394 e. The Balaban J connectivity index is 0.000000323. The first-order valence-corrected chi connectivity index (χ1v) is 12.1. The maximum Gasteiger partial charge on any atom is 0.271 e. The fourth-order valence-corrected chi connectivity index (χ4v) is 4.48. The molecule has 2 heterocycles. The van der Waals surface area contributed by atoms with E-state index in [1.165, 1.54) is 19.0 Å². The van der Waals surface area contributed by atoms with Crippen molar-refractivity contribution >= 4 is 40.7 Å². The lowest BCUT2D eigenvalue weighted by molar-refractivity contribution is -0.0172. The molecule has 1 aromatic carbocycles. The van der Waals surface area contributed by atoms with Crippen LogP contribution in [0.3, 0.4) is 0 Å². The summed E-state index contributed by atoms with van der Waals surface area (Å²) in [5.41, 5.74) is 0.655. The van der Waals surface area contributed by atoms with Crippen LogP contribution >= 0.6 is 23.2 Å². The molecule has 4 rings (SSSR count). The van der Waals surface area contributed by atoms with E-state index in [0.29, 0.717) is 0 Å². The number of hydrogen-bond acceptors (Lipinski definition) is 5. The van der Waals surface area contributed by atoms with Gasteiger partial charge < -0.3 is 20.5 Å². The Labute approximate surface area is 203 Å². The van der Waals surface area contributed by atoms with Crippen molar-refractivity contribution in [3.8, 4) is 0 Å². The van der Waals surface area contributed by atoms with Crippen LogP contribution in [0.1, 0.15) is 72.2 Å². The van der Waals surface area contributed by atoms with Gasteiger partial charge in [0.1, 0.15) is 5.69 Å². The topological polar surface area (TPSA) is 116 Å². The molecule has 4 N–H and O–H groups in total. The number of ether oxygens (including phenoxy) is 1. The summed E-state index contributed by atoms with van der Waals surface area (Å²) >= 11 is 12.1. The third kappa shape index (κ3) is 7.43. The molecule has 33 heavy (non-hydrogen) atoms. The second kappa shape index (κ2) is 12.9. The van der Waals surface area contributed by atoms with Crippen LogP contribution in [0.5, 0.6) is 0 Å². The zero-order chi connectivity index (χ0) is 23.6. The number of halogens is 2. The number of aliphatic hydroxyl groups excluding tert-OH is 1. The van der Waals surface area contributed by atoms with Crippen LogP contribution in [0.25, 0.3) is 0 Å². The van der Waals surface area contributed by atoms with E-state index in [4.69, 9.17) is 33.0 Å². The number of nitrogens with one attached hydrogen (secondary N) is 3. The van der Waals surface area contributed by atoms with Gasteiger partial charge in [0.2, 0.25) is 0 Å². The number of carbonyl (C=O) groups is 2. The summed E-state index contributed by atoms with van der Waals surface area (Å²) in [7, 11) is 0. The van der Waals surface area contributed by atoms with Crippen molar-refractivity contribution in [2.24, 2.45) is 0 Å². The van der Waals surface area contributed by atoms with Gasteiger partial charge in [-0.2, -0.15) is 5.10 Å². The molecule has 1 atom stereocenters. The third-order valence-corrected chi connectivity index (χ3v) is 6.35. The van der Waals surface area contributed by atoms with Gasteiger partial charge in [0.05, 0.1) is 40.2 Å². The van der Waals surface area contributed by atoms with Crippen LogP contribution in [-0.2, 0) is 4.74 Å². The molecular formula is C23H30Cl2N4O4. The van der Waals surface area contributed by atoms with E-state index in [2.05, 4.69) is 20.8 Å². The number of anilines is 1. The lowest BCUT2D eigenvalue weighted by Crippen LogP contribution is -2.36. The van der Waals surface area contributed by atoms with Gasteiger partial charge in [-0.05, 0) is 44.2 Å². The number of hydrogen-bond donors (Lipinski definition) is 4. The number of H-pyrrole nitrogens is 1. The molecule has 180 valence electrons. The predicted molar refractivity (Wildman–Crippen MR) is 128 cm³/mol. The molecule has 1 aliphatic carbocycles. The molecule has 1 aliphatic heterocycles. The highest BCUT2D eigenvalue weighted by atomic mass is 35.5. The number of rotatable bonds is 5. The zero-order valence-electron chi connectivity index (χ0n) is 18.4. The third-order valence-electron chi connectivity index (χ3n) is 5.72. The average molecular weight is 497 g/mol. The van der Waals surface area contributed by atoms with Crippen LogP contribution in [0.2, 0.25) is 10.0 Å². The fourth-order valence-electron chi connectivity index (χ4n) is 3.91. The molecule has 0 radical (unpaired) electrons. The van der Waals surface area contributed by atoms with Crippen LogP contribution in [-0.4, -0.2) is 52.5 Å². The molecular weight excluding hydrogens is 467 g/mol. The molecule has 2 fully saturated rings. The molecule has 8 nitrogen and oxygen atoms in total. The molecule has 2 aromatic rings. The number of amides is 2. The molecule has 1 saturated carbocycles. The van der Waals surface area contributed by atoms with Crippen molar-refractivity contribution in [3.63, 3.8) is 0 Å². The van der Waals surface area contributed by atoms with Crippen molar-refractivity contribution in [2.75, 3.05) is 18.5 Å². The summed E-state index contributed by atoms with van der Waals surface area (Å²) in [6.45, 7) is 1.03. The Morgan fingerprint density at radius 3 is 2.36 bits per heavy atom. The summed E-state index contributed by atoms with van der Waals surface area (Å²) in [6, 6.07) is 4.97. The summed E-state index contributed by atoms with van der Waals surface area (Å²) < 4.78 is 5.18. The highest BCUT2D eigenvalue weighted by Crippen LogP contribution is 2.26. The highest BCUT2D eigenvalue weighted by molar-refractivity contribution is 6.40. The number of nitrogens with zero attached hydrogens (tertiary/aromatic N) is 1. The van der Waals surface area contributed by atoms with Crippen LogP contribution < -0.4 is 10.6 Å². The van der Waals surface area contributed by atoms with Crippen molar-refractivity contribution in [3.05, 3.63) is 45.7 Å². The summed E-state index contributed by atoms with van der Waals surface area (Å²) in [4.78, 5) is 24.9. The van der Waals surface area contributed by atoms with E-state index in [1.807, 2.05) is 0 Å². The Morgan fingerprint density at radius 1 is 1.06 bits per heavy atom. The van der Waals surface area contributed by atoms with E-state index in [9.17, 15) is 9.59 Å². The number of aromatic amines is 1. The Hall–Kier alpha value is -2.13. The minimum atomic E-state index is -0.497. The average Bonchev–Trinajstić information content (AvgIpc) is 3.29. The van der Waals surface area contributed by atoms with Gasteiger partial charge in [0.25, 0.3) is 11.8 Å². The molecule has 2 amide bonds. The van der Waals surface area contributed by atoms with Crippen molar-refractivity contribution in [2.45, 2.75) is 63.5 Å². The Kier molecular flexibility index (Phi) is 9.99. The van der Waals surface area contributed by atoms with E-state index in [0.717, 1.165) is 45.1 Å². The monoisotopic (exact) mass is 496 g/mol. The number of carbonyl (C=O) groups excluding carboxylic acids is 2. The van der Waals surface area contributed by atoms with Gasteiger partial charge in [-0.1, -0.05) is 48.5 Å². The quantitative estimate of drug-likeness (QED) is 0.483. The van der Waals surface area contributed by atoms with E-state index < -0.39 is 5.91 Å². The predicted octanol–water partition coefficient (Wildman–Crippen LogP) is 4.58. The van der Waals surface area contributed by atoms with Gasteiger partial charge in [-0.3, -0.25) is 14.7 Å². The molecule has 1 saturated heterocycles. The van der Waals surface area contributed by atoms with Gasteiger partial charge in [0.15, 0.2) is 0 Å². The fraction of sp³-hybridized carbons (Fsp3) is 0.522. The minimum absolute atomic E-state index is 0.142. The molecule has 1 aromatic heterocycles. The first-order chi connectivity index (χ1) is 16.0.